The van der Waals surface area contributed by atoms with Crippen LogP contribution in [0.3, 0.4) is 0 Å². The average molecular weight is 409 g/mol. The van der Waals surface area contributed by atoms with Gasteiger partial charge in [-0.15, -0.1) is 0 Å². The molecule has 7 nitrogen and oxygen atoms in total. The topological polar surface area (TPSA) is 75.9 Å². The zero-order valence-electron chi connectivity index (χ0n) is 17.7. The van der Waals surface area contributed by atoms with Crippen molar-refractivity contribution < 1.29 is 9.53 Å². The smallest absolute Gasteiger partial charge is 0.270 e. The number of amides is 1. The number of aryl methyl sites for hydroxylation is 1. The molecule has 2 aromatic heterocycles. The lowest BCUT2D eigenvalue weighted by molar-refractivity contribution is 0.0948. The van der Waals surface area contributed by atoms with Crippen molar-refractivity contribution in [3.8, 4) is 5.75 Å². The third kappa shape index (κ3) is 5.04. The van der Waals surface area contributed by atoms with E-state index in [0.717, 1.165) is 36.5 Å². The number of hydrogen-bond donors (Lipinski definition) is 1. The summed E-state index contributed by atoms with van der Waals surface area (Å²) >= 11 is 0. The molecule has 1 aromatic carbocycles. The predicted molar refractivity (Wildman–Crippen MR) is 117 cm³/mol. The maximum atomic E-state index is 12.7. The minimum Gasteiger partial charge on any atom is -0.492 e. The molecular formula is C23H28N4O3. The first-order chi connectivity index (χ1) is 14.5. The number of carbonyl (C=O) groups excluding carboxylic acids is 1. The Morgan fingerprint density at radius 1 is 1.17 bits per heavy atom. The number of nitrogens with one attached hydrogen (secondary N) is 1. The summed E-state index contributed by atoms with van der Waals surface area (Å²) in [5, 5.41) is 2.81. The van der Waals surface area contributed by atoms with Crippen LogP contribution in [0.5, 0.6) is 5.75 Å². The maximum Gasteiger partial charge on any atom is 0.270 e. The van der Waals surface area contributed by atoms with E-state index in [-0.39, 0.29) is 17.7 Å². The Morgan fingerprint density at radius 2 is 1.93 bits per heavy atom. The predicted octanol–water partition coefficient (Wildman–Crippen LogP) is 2.65. The summed E-state index contributed by atoms with van der Waals surface area (Å²) in [6.45, 7) is 9.76. The molecule has 30 heavy (non-hydrogen) atoms. The molecule has 1 N–H and O–H groups in total. The van der Waals surface area contributed by atoms with E-state index in [2.05, 4.69) is 29.0 Å². The van der Waals surface area contributed by atoms with E-state index in [9.17, 15) is 9.59 Å². The fraction of sp³-hybridized carbons (Fsp3) is 0.348. The lowest BCUT2D eigenvalue weighted by atomic mass is 10.2. The van der Waals surface area contributed by atoms with Crippen molar-refractivity contribution in [1.82, 2.24) is 19.6 Å². The van der Waals surface area contributed by atoms with Crippen molar-refractivity contribution in [3.63, 3.8) is 0 Å². The monoisotopic (exact) mass is 408 g/mol. The lowest BCUT2D eigenvalue weighted by Gasteiger charge is -2.19. The molecule has 0 saturated heterocycles. The third-order valence-corrected chi connectivity index (χ3v) is 5.07. The number of aromatic nitrogens is 2. The van der Waals surface area contributed by atoms with Gasteiger partial charge < -0.3 is 15.0 Å². The average Bonchev–Trinajstić information content (AvgIpc) is 2.76. The molecule has 0 atom stereocenters. The molecule has 0 bridgehead atoms. The molecule has 7 heteroatoms. The van der Waals surface area contributed by atoms with Gasteiger partial charge in [-0.3, -0.25) is 14.0 Å². The molecule has 0 aliphatic rings. The van der Waals surface area contributed by atoms with Crippen LogP contribution in [0.25, 0.3) is 5.65 Å². The molecule has 2 heterocycles. The highest BCUT2D eigenvalue weighted by atomic mass is 16.5. The molecule has 0 spiro atoms. The van der Waals surface area contributed by atoms with Crippen LogP contribution in [0.1, 0.15) is 35.3 Å². The molecule has 0 aliphatic heterocycles. The minimum absolute atomic E-state index is 0.0121. The number of hydrogen-bond acceptors (Lipinski definition) is 5. The maximum absolute atomic E-state index is 12.7. The highest BCUT2D eigenvalue weighted by molar-refractivity contribution is 5.93. The van der Waals surface area contributed by atoms with Crippen molar-refractivity contribution in [2.24, 2.45) is 0 Å². The van der Waals surface area contributed by atoms with Gasteiger partial charge in [0.2, 0.25) is 0 Å². The van der Waals surface area contributed by atoms with Crippen molar-refractivity contribution in [1.29, 1.82) is 0 Å². The first kappa shape index (κ1) is 21.5. The van der Waals surface area contributed by atoms with Gasteiger partial charge in [0.25, 0.3) is 11.5 Å². The number of likely N-dealkylation sites (N-methyl/N-ethyl adjacent to an activating group) is 1. The zero-order valence-corrected chi connectivity index (χ0v) is 17.7. The molecule has 1 amide bonds. The Kier molecular flexibility index (Phi) is 7.19. The summed E-state index contributed by atoms with van der Waals surface area (Å²) in [5.41, 5.74) is 1.91. The zero-order chi connectivity index (χ0) is 21.5. The van der Waals surface area contributed by atoms with Crippen molar-refractivity contribution in [2.75, 3.05) is 26.2 Å². The first-order valence-corrected chi connectivity index (χ1v) is 10.2. The second kappa shape index (κ2) is 10.0. The second-order valence-corrected chi connectivity index (χ2v) is 7.08. The third-order valence-electron chi connectivity index (χ3n) is 5.07. The number of pyridine rings is 1. The summed E-state index contributed by atoms with van der Waals surface area (Å²) in [5.74, 6) is 0.273. The van der Waals surface area contributed by atoms with Crippen LogP contribution in [0.4, 0.5) is 0 Å². The van der Waals surface area contributed by atoms with Crippen LogP contribution in [-0.2, 0) is 6.54 Å². The molecular weight excluding hydrogens is 380 g/mol. The summed E-state index contributed by atoms with van der Waals surface area (Å²) in [4.78, 5) is 31.8. The fourth-order valence-electron chi connectivity index (χ4n) is 3.22. The largest absolute Gasteiger partial charge is 0.492 e. The van der Waals surface area contributed by atoms with E-state index >= 15 is 0 Å². The van der Waals surface area contributed by atoms with Gasteiger partial charge in [0.1, 0.15) is 23.6 Å². The Hall–Kier alpha value is -3.19. The summed E-state index contributed by atoms with van der Waals surface area (Å²) in [6.07, 6.45) is 3.01. The van der Waals surface area contributed by atoms with E-state index < -0.39 is 5.91 Å². The van der Waals surface area contributed by atoms with Gasteiger partial charge in [-0.2, -0.15) is 0 Å². The lowest BCUT2D eigenvalue weighted by Crippen LogP contribution is -2.31. The highest BCUT2D eigenvalue weighted by Crippen LogP contribution is 2.18. The standard InChI is InChI=1S/C23H28N4O3/c1-4-26(5-2)12-13-30-20-9-7-6-8-18(20)14-25-22(28)19-15-24-21-11-10-17(3)16-27(21)23(19)29/h6-11,15-16H,4-5,12-14H2,1-3H3,(H,25,28). The summed E-state index contributed by atoms with van der Waals surface area (Å²) < 4.78 is 7.33. The van der Waals surface area contributed by atoms with Crippen molar-refractivity contribution in [2.45, 2.75) is 27.3 Å². The van der Waals surface area contributed by atoms with Crippen LogP contribution in [-0.4, -0.2) is 46.4 Å². The molecule has 158 valence electrons. The minimum atomic E-state index is -0.457. The Labute approximate surface area is 176 Å². The number of nitrogens with zero attached hydrogens (tertiary/aromatic N) is 3. The van der Waals surface area contributed by atoms with Crippen LogP contribution >= 0.6 is 0 Å². The summed E-state index contributed by atoms with van der Waals surface area (Å²) in [6, 6.07) is 11.2. The molecule has 0 aliphatic carbocycles. The van der Waals surface area contributed by atoms with Crippen LogP contribution in [0.15, 0.2) is 53.6 Å². The highest BCUT2D eigenvalue weighted by Gasteiger charge is 2.14. The van der Waals surface area contributed by atoms with Crippen molar-refractivity contribution >= 4 is 11.6 Å². The van der Waals surface area contributed by atoms with E-state index in [0.29, 0.717) is 12.3 Å². The van der Waals surface area contributed by atoms with Crippen LogP contribution in [0, 0.1) is 6.92 Å². The molecule has 3 aromatic rings. The van der Waals surface area contributed by atoms with Crippen LogP contribution in [0.2, 0.25) is 0 Å². The van der Waals surface area contributed by atoms with Gasteiger partial charge in [0.15, 0.2) is 0 Å². The van der Waals surface area contributed by atoms with Gasteiger partial charge in [-0.1, -0.05) is 38.1 Å². The first-order valence-electron chi connectivity index (χ1n) is 10.2. The summed E-state index contributed by atoms with van der Waals surface area (Å²) in [7, 11) is 0. The van der Waals surface area contributed by atoms with Gasteiger partial charge in [-0.25, -0.2) is 4.98 Å². The molecule has 0 unspecified atom stereocenters. The Balaban J connectivity index is 1.69. The van der Waals surface area contributed by atoms with E-state index in [1.54, 1.807) is 12.3 Å². The number of ether oxygens (including phenoxy) is 1. The number of rotatable bonds is 9. The molecule has 0 saturated carbocycles. The Morgan fingerprint density at radius 3 is 2.70 bits per heavy atom. The van der Waals surface area contributed by atoms with Crippen molar-refractivity contribution in [3.05, 3.63) is 75.8 Å². The number of para-hydroxylation sites is 1. The fourth-order valence-corrected chi connectivity index (χ4v) is 3.22. The quantitative estimate of drug-likeness (QED) is 0.589. The van der Waals surface area contributed by atoms with E-state index in [4.69, 9.17) is 4.74 Å². The second-order valence-electron chi connectivity index (χ2n) is 7.08. The normalized spacial score (nSPS) is 11.1. The molecule has 0 radical (unpaired) electrons. The van der Waals surface area contributed by atoms with Gasteiger partial charge >= 0.3 is 0 Å². The number of fused-ring (bicyclic) bond motifs is 1. The Bertz CT molecular complexity index is 1070. The van der Waals surface area contributed by atoms with Gasteiger partial charge in [0, 0.05) is 31.0 Å². The number of carbonyl (C=O) groups is 1. The van der Waals surface area contributed by atoms with Gasteiger partial charge in [-0.05, 0) is 37.7 Å². The number of benzene rings is 1. The van der Waals surface area contributed by atoms with Crippen LogP contribution < -0.4 is 15.6 Å². The molecule has 0 fully saturated rings. The van der Waals surface area contributed by atoms with E-state index in [1.807, 2.05) is 37.3 Å². The SMILES string of the molecule is CCN(CC)CCOc1ccccc1CNC(=O)c1cnc2ccc(C)cn2c1=O. The molecule has 3 rings (SSSR count). The van der Waals surface area contributed by atoms with Gasteiger partial charge in [0.05, 0.1) is 0 Å². The van der Waals surface area contributed by atoms with E-state index in [1.165, 1.54) is 10.6 Å².